The fourth-order valence-corrected chi connectivity index (χ4v) is 2.93. The standard InChI is InChI=1S/C22H25N5O3/c1-26(13-17-6-4-3-5-7-17)15-21(28)25-19-12-23-27(14-19)16-22(29)24-18-8-10-20(30-2)11-9-18/h3-12,14H,13,15-16H2,1-2H3,(H,24,29)(H,25,28). The van der Waals surface area contributed by atoms with Gasteiger partial charge in [-0.15, -0.1) is 0 Å². The average molecular weight is 407 g/mol. The molecule has 0 saturated carbocycles. The highest BCUT2D eigenvalue weighted by Gasteiger charge is 2.10. The van der Waals surface area contributed by atoms with Crippen molar-refractivity contribution >= 4 is 23.2 Å². The van der Waals surface area contributed by atoms with Gasteiger partial charge in [0.05, 0.1) is 25.5 Å². The monoisotopic (exact) mass is 407 g/mol. The van der Waals surface area contributed by atoms with E-state index in [1.807, 2.05) is 42.3 Å². The number of carbonyl (C=O) groups is 2. The van der Waals surface area contributed by atoms with Crippen molar-refractivity contribution in [2.24, 2.45) is 0 Å². The van der Waals surface area contributed by atoms with Crippen molar-refractivity contribution in [2.75, 3.05) is 31.3 Å². The molecule has 0 aliphatic carbocycles. The van der Waals surface area contributed by atoms with Gasteiger partial charge in [0.25, 0.3) is 0 Å². The molecule has 0 aliphatic rings. The Kier molecular flexibility index (Phi) is 7.18. The summed E-state index contributed by atoms with van der Waals surface area (Å²) < 4.78 is 6.57. The first kappa shape index (κ1) is 21.1. The van der Waals surface area contributed by atoms with E-state index in [-0.39, 0.29) is 24.9 Å². The lowest BCUT2D eigenvalue weighted by molar-refractivity contribution is -0.117. The first-order chi connectivity index (χ1) is 14.5. The molecule has 0 aliphatic heterocycles. The van der Waals surface area contributed by atoms with E-state index in [4.69, 9.17) is 4.74 Å². The van der Waals surface area contributed by atoms with Crippen LogP contribution in [0, 0.1) is 0 Å². The van der Waals surface area contributed by atoms with E-state index in [1.54, 1.807) is 37.6 Å². The predicted molar refractivity (Wildman–Crippen MR) is 115 cm³/mol. The number of nitrogens with one attached hydrogen (secondary N) is 2. The Morgan fingerprint density at radius 1 is 1.00 bits per heavy atom. The number of methoxy groups -OCH3 is 1. The summed E-state index contributed by atoms with van der Waals surface area (Å²) in [5.41, 5.74) is 2.36. The van der Waals surface area contributed by atoms with Crippen LogP contribution in [-0.4, -0.2) is 47.2 Å². The Bertz CT molecular complexity index is 970. The third kappa shape index (κ3) is 6.46. The van der Waals surface area contributed by atoms with E-state index in [9.17, 15) is 9.59 Å². The van der Waals surface area contributed by atoms with E-state index < -0.39 is 0 Å². The Morgan fingerprint density at radius 2 is 1.70 bits per heavy atom. The summed E-state index contributed by atoms with van der Waals surface area (Å²) in [7, 11) is 3.47. The van der Waals surface area contributed by atoms with Crippen LogP contribution in [-0.2, 0) is 22.7 Å². The maximum atomic E-state index is 12.3. The zero-order valence-electron chi connectivity index (χ0n) is 17.0. The molecule has 3 aromatic rings. The molecule has 2 aromatic carbocycles. The minimum atomic E-state index is -0.219. The van der Waals surface area contributed by atoms with Crippen LogP contribution in [0.2, 0.25) is 0 Å². The van der Waals surface area contributed by atoms with Gasteiger partial charge in [-0.2, -0.15) is 5.10 Å². The molecule has 2 N–H and O–H groups in total. The molecule has 0 spiro atoms. The summed E-state index contributed by atoms with van der Waals surface area (Å²) in [6.07, 6.45) is 3.15. The van der Waals surface area contributed by atoms with Crippen molar-refractivity contribution in [2.45, 2.75) is 13.1 Å². The lowest BCUT2D eigenvalue weighted by Gasteiger charge is -2.15. The molecule has 1 aromatic heterocycles. The number of carbonyl (C=O) groups excluding carboxylic acids is 2. The molecule has 8 nitrogen and oxygen atoms in total. The Morgan fingerprint density at radius 3 is 2.40 bits per heavy atom. The predicted octanol–water partition coefficient (Wildman–Crippen LogP) is 2.60. The van der Waals surface area contributed by atoms with E-state index in [1.165, 1.54) is 10.9 Å². The maximum absolute atomic E-state index is 12.3. The molecule has 0 fully saturated rings. The van der Waals surface area contributed by atoms with Gasteiger partial charge in [-0.25, -0.2) is 0 Å². The van der Waals surface area contributed by atoms with Crippen LogP contribution >= 0.6 is 0 Å². The number of hydrogen-bond acceptors (Lipinski definition) is 5. The maximum Gasteiger partial charge on any atom is 0.246 e. The fraction of sp³-hybridized carbons (Fsp3) is 0.227. The van der Waals surface area contributed by atoms with Gasteiger partial charge in [-0.05, 0) is 36.9 Å². The molecule has 0 saturated heterocycles. The second kappa shape index (κ2) is 10.2. The Hall–Kier alpha value is -3.65. The zero-order valence-corrected chi connectivity index (χ0v) is 17.0. The number of amides is 2. The van der Waals surface area contributed by atoms with E-state index in [0.717, 1.165) is 11.3 Å². The molecule has 3 rings (SSSR count). The second-order valence-electron chi connectivity index (χ2n) is 6.91. The average Bonchev–Trinajstić information content (AvgIpc) is 3.15. The summed E-state index contributed by atoms with van der Waals surface area (Å²) in [6.45, 7) is 0.965. The van der Waals surface area contributed by atoms with Crippen LogP contribution in [0.25, 0.3) is 0 Å². The highest BCUT2D eigenvalue weighted by Crippen LogP contribution is 2.15. The van der Waals surface area contributed by atoms with Crippen LogP contribution in [0.3, 0.4) is 0 Å². The van der Waals surface area contributed by atoms with Gasteiger partial charge >= 0.3 is 0 Å². The van der Waals surface area contributed by atoms with Crippen molar-refractivity contribution in [1.29, 1.82) is 0 Å². The SMILES string of the molecule is COc1ccc(NC(=O)Cn2cc(NC(=O)CN(C)Cc3ccccc3)cn2)cc1. The van der Waals surface area contributed by atoms with Gasteiger partial charge in [0.2, 0.25) is 11.8 Å². The van der Waals surface area contributed by atoms with Crippen LogP contribution in [0.5, 0.6) is 5.75 Å². The summed E-state index contributed by atoms with van der Waals surface area (Å²) in [5.74, 6) is 0.356. The van der Waals surface area contributed by atoms with Crippen molar-refractivity contribution in [3.63, 3.8) is 0 Å². The summed E-state index contributed by atoms with van der Waals surface area (Å²) >= 11 is 0. The summed E-state index contributed by atoms with van der Waals surface area (Å²) in [4.78, 5) is 26.4. The number of nitrogens with zero attached hydrogens (tertiary/aromatic N) is 3. The number of ether oxygens (including phenoxy) is 1. The molecule has 156 valence electrons. The van der Waals surface area contributed by atoms with Gasteiger partial charge < -0.3 is 15.4 Å². The molecule has 1 heterocycles. The van der Waals surface area contributed by atoms with Crippen molar-refractivity contribution in [3.8, 4) is 5.75 Å². The first-order valence-electron chi connectivity index (χ1n) is 9.50. The molecular formula is C22H25N5O3. The van der Waals surface area contributed by atoms with E-state index >= 15 is 0 Å². The minimum absolute atomic E-state index is 0.0375. The van der Waals surface area contributed by atoms with Gasteiger partial charge in [-0.3, -0.25) is 19.2 Å². The molecule has 0 unspecified atom stereocenters. The normalized spacial score (nSPS) is 10.6. The molecule has 0 atom stereocenters. The summed E-state index contributed by atoms with van der Waals surface area (Å²) in [5, 5.41) is 9.73. The van der Waals surface area contributed by atoms with Crippen molar-refractivity contribution < 1.29 is 14.3 Å². The second-order valence-corrected chi connectivity index (χ2v) is 6.91. The van der Waals surface area contributed by atoms with Gasteiger partial charge in [0.1, 0.15) is 12.3 Å². The van der Waals surface area contributed by atoms with Crippen molar-refractivity contribution in [3.05, 3.63) is 72.6 Å². The summed E-state index contributed by atoms with van der Waals surface area (Å²) in [6, 6.07) is 17.0. The molecule has 30 heavy (non-hydrogen) atoms. The number of likely N-dealkylation sites (N-methyl/N-ethyl adjacent to an activating group) is 1. The van der Waals surface area contributed by atoms with Gasteiger partial charge in [-0.1, -0.05) is 30.3 Å². The quantitative estimate of drug-likeness (QED) is 0.569. The third-order valence-electron chi connectivity index (χ3n) is 4.31. The van der Waals surface area contributed by atoms with Crippen molar-refractivity contribution in [1.82, 2.24) is 14.7 Å². The first-order valence-corrected chi connectivity index (χ1v) is 9.50. The zero-order chi connectivity index (χ0) is 21.3. The largest absolute Gasteiger partial charge is 0.497 e. The molecule has 0 radical (unpaired) electrons. The molecular weight excluding hydrogens is 382 g/mol. The van der Waals surface area contributed by atoms with Crippen LogP contribution in [0.4, 0.5) is 11.4 Å². The number of anilines is 2. The molecule has 8 heteroatoms. The fourth-order valence-electron chi connectivity index (χ4n) is 2.93. The number of aromatic nitrogens is 2. The Labute approximate surface area is 175 Å². The van der Waals surface area contributed by atoms with Gasteiger partial charge in [0, 0.05) is 18.4 Å². The lowest BCUT2D eigenvalue weighted by Crippen LogP contribution is -2.29. The highest BCUT2D eigenvalue weighted by atomic mass is 16.5. The van der Waals surface area contributed by atoms with Crippen LogP contribution < -0.4 is 15.4 Å². The number of benzene rings is 2. The Balaban J connectivity index is 1.45. The number of hydrogen-bond donors (Lipinski definition) is 2. The highest BCUT2D eigenvalue weighted by molar-refractivity contribution is 5.92. The van der Waals surface area contributed by atoms with E-state index in [2.05, 4.69) is 15.7 Å². The number of rotatable bonds is 9. The minimum Gasteiger partial charge on any atom is -0.497 e. The lowest BCUT2D eigenvalue weighted by atomic mass is 10.2. The van der Waals surface area contributed by atoms with E-state index in [0.29, 0.717) is 17.9 Å². The topological polar surface area (TPSA) is 88.5 Å². The third-order valence-corrected chi connectivity index (χ3v) is 4.31. The van der Waals surface area contributed by atoms with Crippen LogP contribution in [0.15, 0.2) is 67.0 Å². The molecule has 0 bridgehead atoms. The van der Waals surface area contributed by atoms with Gasteiger partial charge in [0.15, 0.2) is 0 Å². The molecule has 2 amide bonds. The van der Waals surface area contributed by atoms with Crippen LogP contribution in [0.1, 0.15) is 5.56 Å². The smallest absolute Gasteiger partial charge is 0.246 e.